The third kappa shape index (κ3) is 4.86. The predicted molar refractivity (Wildman–Crippen MR) is 97.0 cm³/mol. The van der Waals surface area contributed by atoms with Gasteiger partial charge in [-0.25, -0.2) is 8.78 Å². The molecule has 156 valence electrons. The molecular weight excluding hydrogens is 390 g/mol. The second-order valence-electron chi connectivity index (χ2n) is 6.78. The standard InChI is InChI=1S/C18H20F2N4O5/c19-15(20)11-7-10(24-5-6-29-8-13(24)25)3-4-12(11)22-18(28)14(16(21)26)23-17(27)9-1-2-9/h3-4,7,9,14-15H,1-2,5-6,8H2,(H2,21,26)(H,22,28)(H,23,27)/t14-/m0/s1. The van der Waals surface area contributed by atoms with Crippen LogP contribution in [0.2, 0.25) is 0 Å². The van der Waals surface area contributed by atoms with E-state index >= 15 is 0 Å². The van der Waals surface area contributed by atoms with Crippen LogP contribution in [0.4, 0.5) is 20.2 Å². The first-order chi connectivity index (χ1) is 13.8. The summed E-state index contributed by atoms with van der Waals surface area (Å²) in [6.07, 6.45) is -1.67. The van der Waals surface area contributed by atoms with Gasteiger partial charge >= 0.3 is 0 Å². The molecule has 3 rings (SSSR count). The van der Waals surface area contributed by atoms with Gasteiger partial charge in [0.05, 0.1) is 6.61 Å². The van der Waals surface area contributed by atoms with Crippen LogP contribution in [-0.2, 0) is 23.9 Å². The molecule has 0 aromatic heterocycles. The van der Waals surface area contributed by atoms with E-state index in [1.807, 2.05) is 0 Å². The van der Waals surface area contributed by atoms with Crippen LogP contribution in [-0.4, -0.2) is 49.4 Å². The summed E-state index contributed by atoms with van der Waals surface area (Å²) in [6, 6.07) is 2.01. The van der Waals surface area contributed by atoms with Crippen LogP contribution in [0, 0.1) is 5.92 Å². The second-order valence-corrected chi connectivity index (χ2v) is 6.78. The van der Waals surface area contributed by atoms with Gasteiger partial charge in [0.2, 0.25) is 11.8 Å². The fraction of sp³-hybridized carbons (Fsp3) is 0.444. The zero-order chi connectivity index (χ0) is 21.1. The average molecular weight is 410 g/mol. The van der Waals surface area contributed by atoms with Crippen molar-refractivity contribution in [3.8, 4) is 0 Å². The molecule has 4 N–H and O–H groups in total. The van der Waals surface area contributed by atoms with Gasteiger partial charge in [0.15, 0.2) is 6.04 Å². The van der Waals surface area contributed by atoms with Crippen molar-refractivity contribution in [2.24, 2.45) is 11.7 Å². The Morgan fingerprint density at radius 1 is 1.24 bits per heavy atom. The molecule has 1 atom stereocenters. The zero-order valence-electron chi connectivity index (χ0n) is 15.3. The number of hydrogen-bond donors (Lipinski definition) is 3. The summed E-state index contributed by atoms with van der Waals surface area (Å²) in [5.41, 5.74) is 4.63. The Morgan fingerprint density at radius 2 is 1.97 bits per heavy atom. The minimum atomic E-state index is -2.96. The SMILES string of the molecule is NC(=O)[C@H](NC(=O)C1CC1)C(=O)Nc1ccc(N2CCOCC2=O)cc1C(F)F. The number of amides is 4. The van der Waals surface area contributed by atoms with Gasteiger partial charge in [-0.05, 0) is 31.0 Å². The van der Waals surface area contributed by atoms with Crippen molar-refractivity contribution in [3.63, 3.8) is 0 Å². The number of morpholine rings is 1. The van der Waals surface area contributed by atoms with Crippen molar-refractivity contribution in [1.29, 1.82) is 0 Å². The second kappa shape index (κ2) is 8.52. The van der Waals surface area contributed by atoms with Crippen molar-refractivity contribution < 1.29 is 32.7 Å². The number of nitrogens with zero attached hydrogens (tertiary/aromatic N) is 1. The topological polar surface area (TPSA) is 131 Å². The molecule has 1 aromatic carbocycles. The van der Waals surface area contributed by atoms with E-state index in [9.17, 15) is 28.0 Å². The van der Waals surface area contributed by atoms with E-state index in [1.165, 1.54) is 17.0 Å². The Hall–Kier alpha value is -3.08. The fourth-order valence-corrected chi connectivity index (χ4v) is 2.88. The van der Waals surface area contributed by atoms with E-state index in [0.29, 0.717) is 12.8 Å². The lowest BCUT2D eigenvalue weighted by atomic mass is 10.1. The van der Waals surface area contributed by atoms with Gasteiger partial charge in [0, 0.05) is 29.4 Å². The third-order valence-electron chi connectivity index (χ3n) is 4.61. The zero-order valence-corrected chi connectivity index (χ0v) is 15.3. The Balaban J connectivity index is 1.79. The van der Waals surface area contributed by atoms with Crippen LogP contribution < -0.4 is 21.3 Å². The smallest absolute Gasteiger partial charge is 0.265 e. The maximum Gasteiger partial charge on any atom is 0.265 e. The van der Waals surface area contributed by atoms with Gasteiger partial charge < -0.3 is 26.0 Å². The number of carbonyl (C=O) groups is 4. The Bertz CT molecular complexity index is 844. The summed E-state index contributed by atoms with van der Waals surface area (Å²) in [4.78, 5) is 49.0. The molecule has 0 unspecified atom stereocenters. The van der Waals surface area contributed by atoms with Crippen LogP contribution in [0.3, 0.4) is 0 Å². The van der Waals surface area contributed by atoms with E-state index < -0.39 is 35.8 Å². The number of halogens is 2. The van der Waals surface area contributed by atoms with Crippen molar-refractivity contribution >= 4 is 35.0 Å². The highest BCUT2D eigenvalue weighted by Gasteiger charge is 2.35. The molecule has 1 saturated carbocycles. The summed E-state index contributed by atoms with van der Waals surface area (Å²) < 4.78 is 32.1. The average Bonchev–Trinajstić information content (AvgIpc) is 3.51. The van der Waals surface area contributed by atoms with Crippen molar-refractivity contribution in [1.82, 2.24) is 5.32 Å². The Morgan fingerprint density at radius 3 is 2.55 bits per heavy atom. The molecule has 1 aliphatic carbocycles. The molecule has 1 heterocycles. The van der Waals surface area contributed by atoms with E-state index in [2.05, 4.69) is 10.6 Å². The largest absolute Gasteiger partial charge is 0.370 e. The predicted octanol–water partition coefficient (Wildman–Crippen LogP) is 0.306. The quantitative estimate of drug-likeness (QED) is 0.557. The van der Waals surface area contributed by atoms with Crippen molar-refractivity contribution in [2.45, 2.75) is 25.3 Å². The molecule has 0 bridgehead atoms. The van der Waals surface area contributed by atoms with Gasteiger partial charge in [-0.15, -0.1) is 0 Å². The number of anilines is 2. The lowest BCUT2D eigenvalue weighted by Crippen LogP contribution is -2.52. The van der Waals surface area contributed by atoms with Crippen LogP contribution in [0.1, 0.15) is 24.8 Å². The summed E-state index contributed by atoms with van der Waals surface area (Å²) in [5.74, 6) is -3.26. The van der Waals surface area contributed by atoms with Gasteiger partial charge in [0.1, 0.15) is 6.61 Å². The number of nitrogens with one attached hydrogen (secondary N) is 2. The molecule has 0 spiro atoms. The van der Waals surface area contributed by atoms with E-state index in [4.69, 9.17) is 10.5 Å². The maximum absolute atomic E-state index is 13.6. The van der Waals surface area contributed by atoms with Gasteiger partial charge in [-0.3, -0.25) is 19.2 Å². The molecule has 29 heavy (non-hydrogen) atoms. The van der Waals surface area contributed by atoms with Gasteiger partial charge in [-0.2, -0.15) is 0 Å². The number of ether oxygens (including phenoxy) is 1. The number of primary amides is 1. The summed E-state index contributed by atoms with van der Waals surface area (Å²) in [7, 11) is 0. The molecule has 2 fully saturated rings. The first-order valence-corrected chi connectivity index (χ1v) is 8.98. The Kier molecular flexibility index (Phi) is 6.06. The van der Waals surface area contributed by atoms with E-state index in [-0.39, 0.29) is 43.0 Å². The number of hydrogen-bond acceptors (Lipinski definition) is 5. The fourth-order valence-electron chi connectivity index (χ4n) is 2.88. The van der Waals surface area contributed by atoms with E-state index in [0.717, 1.165) is 6.07 Å². The first kappa shape index (κ1) is 20.6. The van der Waals surface area contributed by atoms with Crippen LogP contribution in [0.25, 0.3) is 0 Å². The minimum absolute atomic E-state index is 0.149. The lowest BCUT2D eigenvalue weighted by molar-refractivity contribution is -0.133. The molecular formula is C18H20F2N4O5. The highest BCUT2D eigenvalue weighted by molar-refractivity contribution is 6.12. The molecule has 1 aliphatic heterocycles. The minimum Gasteiger partial charge on any atom is -0.370 e. The van der Waals surface area contributed by atoms with Gasteiger partial charge in [-0.1, -0.05) is 0 Å². The monoisotopic (exact) mass is 410 g/mol. The molecule has 11 heteroatoms. The number of rotatable bonds is 7. The molecule has 1 aromatic rings. The lowest BCUT2D eigenvalue weighted by Gasteiger charge is -2.27. The van der Waals surface area contributed by atoms with Crippen LogP contribution >= 0.6 is 0 Å². The first-order valence-electron chi connectivity index (χ1n) is 8.98. The molecule has 4 amide bonds. The summed E-state index contributed by atoms with van der Waals surface area (Å²) in [6.45, 7) is 0.336. The summed E-state index contributed by atoms with van der Waals surface area (Å²) >= 11 is 0. The number of carbonyl (C=O) groups excluding carboxylic acids is 4. The molecule has 1 saturated heterocycles. The highest BCUT2D eigenvalue weighted by Crippen LogP contribution is 2.32. The number of benzene rings is 1. The van der Waals surface area contributed by atoms with Crippen LogP contribution in [0.15, 0.2) is 18.2 Å². The number of nitrogens with two attached hydrogens (primary N) is 1. The van der Waals surface area contributed by atoms with Gasteiger partial charge in [0.25, 0.3) is 18.2 Å². The maximum atomic E-state index is 13.6. The molecule has 2 aliphatic rings. The normalized spacial score (nSPS) is 17.8. The third-order valence-corrected chi connectivity index (χ3v) is 4.61. The Labute approximate surface area is 164 Å². The summed E-state index contributed by atoms with van der Waals surface area (Å²) in [5, 5.41) is 4.45. The van der Waals surface area contributed by atoms with Crippen LogP contribution in [0.5, 0.6) is 0 Å². The molecule has 9 nitrogen and oxygen atoms in total. The van der Waals surface area contributed by atoms with E-state index in [1.54, 1.807) is 0 Å². The highest BCUT2D eigenvalue weighted by atomic mass is 19.3. The molecule has 0 radical (unpaired) electrons. The van der Waals surface area contributed by atoms with Crippen molar-refractivity contribution in [3.05, 3.63) is 23.8 Å². The number of alkyl halides is 2. The van der Waals surface area contributed by atoms with Crippen molar-refractivity contribution in [2.75, 3.05) is 30.0 Å².